The molecule has 6 nitrogen and oxygen atoms in total. The molecule has 0 spiro atoms. The number of fused-ring (bicyclic) bond motifs is 2. The summed E-state index contributed by atoms with van der Waals surface area (Å²) in [4.78, 5) is 38.7. The number of nitrogens with zero attached hydrogens (tertiary/aromatic N) is 1. The van der Waals surface area contributed by atoms with Crippen LogP contribution in [0.2, 0.25) is 0 Å². The number of anilines is 1. The summed E-state index contributed by atoms with van der Waals surface area (Å²) >= 11 is 0. The Balaban J connectivity index is 1.51. The van der Waals surface area contributed by atoms with E-state index in [1.54, 1.807) is 24.1 Å². The summed E-state index contributed by atoms with van der Waals surface area (Å²) in [5.41, 5.74) is 2.92. The summed E-state index contributed by atoms with van der Waals surface area (Å²) in [5.74, 6) is -1.38. The standard InChI is InChI=1S/C22H22N2O4/c1-24-9-8-14-6-7-17(10-18(14)20(24)26)23-19(25)13-22(21(27)28)11-15-4-2-3-5-16(15)12-22/h2-7,10H,8-9,11-13H2,1H3,(H,23,25)(H,27,28). The molecule has 28 heavy (non-hydrogen) atoms. The summed E-state index contributed by atoms with van der Waals surface area (Å²) in [5, 5.41) is 12.6. The number of hydrogen-bond acceptors (Lipinski definition) is 3. The zero-order valence-corrected chi connectivity index (χ0v) is 15.7. The minimum Gasteiger partial charge on any atom is -0.481 e. The third-order valence-electron chi connectivity index (χ3n) is 5.82. The van der Waals surface area contributed by atoms with E-state index < -0.39 is 11.4 Å². The molecular formula is C22H22N2O4. The highest BCUT2D eigenvalue weighted by molar-refractivity contribution is 6.00. The number of nitrogens with one attached hydrogen (secondary N) is 1. The Morgan fingerprint density at radius 1 is 1.11 bits per heavy atom. The first-order valence-corrected chi connectivity index (χ1v) is 9.36. The van der Waals surface area contributed by atoms with Gasteiger partial charge in [0.1, 0.15) is 0 Å². The molecule has 144 valence electrons. The lowest BCUT2D eigenvalue weighted by Gasteiger charge is -2.26. The SMILES string of the molecule is CN1CCc2ccc(NC(=O)CC3(C(=O)O)Cc4ccccc4C3)cc2C1=O. The summed E-state index contributed by atoms with van der Waals surface area (Å²) < 4.78 is 0. The van der Waals surface area contributed by atoms with E-state index >= 15 is 0 Å². The lowest BCUT2D eigenvalue weighted by molar-refractivity contribution is -0.150. The topological polar surface area (TPSA) is 86.7 Å². The van der Waals surface area contributed by atoms with E-state index in [-0.39, 0.29) is 18.2 Å². The predicted molar refractivity (Wildman–Crippen MR) is 104 cm³/mol. The molecule has 0 radical (unpaired) electrons. The van der Waals surface area contributed by atoms with Gasteiger partial charge in [0, 0.05) is 31.3 Å². The minimum absolute atomic E-state index is 0.0643. The van der Waals surface area contributed by atoms with Gasteiger partial charge in [0.05, 0.1) is 5.41 Å². The molecule has 1 aliphatic carbocycles. The second kappa shape index (κ2) is 6.78. The third kappa shape index (κ3) is 3.15. The molecule has 0 saturated carbocycles. The molecule has 0 bridgehead atoms. The third-order valence-corrected chi connectivity index (χ3v) is 5.82. The smallest absolute Gasteiger partial charge is 0.310 e. The van der Waals surface area contributed by atoms with E-state index in [0.717, 1.165) is 23.1 Å². The number of carboxylic acid groups (broad SMARTS) is 1. The van der Waals surface area contributed by atoms with Gasteiger partial charge in [-0.2, -0.15) is 0 Å². The van der Waals surface area contributed by atoms with E-state index in [1.165, 1.54) is 0 Å². The molecule has 2 aromatic rings. The van der Waals surface area contributed by atoms with Crippen LogP contribution in [-0.2, 0) is 28.9 Å². The van der Waals surface area contributed by atoms with Gasteiger partial charge in [-0.3, -0.25) is 14.4 Å². The summed E-state index contributed by atoms with van der Waals surface area (Å²) in [6.07, 6.45) is 1.37. The number of aliphatic carboxylic acids is 1. The number of carboxylic acids is 1. The Bertz CT molecular complexity index is 957. The first-order chi connectivity index (χ1) is 13.4. The molecular weight excluding hydrogens is 356 g/mol. The van der Waals surface area contributed by atoms with Gasteiger partial charge in [-0.25, -0.2) is 0 Å². The number of benzene rings is 2. The largest absolute Gasteiger partial charge is 0.481 e. The summed E-state index contributed by atoms with van der Waals surface area (Å²) in [6.45, 7) is 0.680. The van der Waals surface area contributed by atoms with Gasteiger partial charge in [0.15, 0.2) is 0 Å². The van der Waals surface area contributed by atoms with E-state index in [2.05, 4.69) is 5.32 Å². The fourth-order valence-corrected chi connectivity index (χ4v) is 4.23. The second-order valence-electron chi connectivity index (χ2n) is 7.78. The van der Waals surface area contributed by atoms with Gasteiger partial charge in [-0.05, 0) is 48.1 Å². The quantitative estimate of drug-likeness (QED) is 0.856. The fraction of sp³-hybridized carbons (Fsp3) is 0.318. The maximum atomic E-state index is 12.7. The zero-order chi connectivity index (χ0) is 19.9. The van der Waals surface area contributed by atoms with Crippen molar-refractivity contribution in [2.24, 2.45) is 5.41 Å². The first kappa shape index (κ1) is 18.2. The molecule has 0 saturated heterocycles. The van der Waals surface area contributed by atoms with Crippen molar-refractivity contribution < 1.29 is 19.5 Å². The van der Waals surface area contributed by atoms with Crippen molar-refractivity contribution in [1.82, 2.24) is 4.90 Å². The first-order valence-electron chi connectivity index (χ1n) is 9.36. The molecule has 1 aliphatic heterocycles. The molecule has 6 heteroatoms. The van der Waals surface area contributed by atoms with Crippen LogP contribution in [0.5, 0.6) is 0 Å². The Morgan fingerprint density at radius 3 is 2.43 bits per heavy atom. The normalized spacial score (nSPS) is 17.0. The Labute approximate surface area is 163 Å². The van der Waals surface area contributed by atoms with E-state index in [9.17, 15) is 19.5 Å². The Kier molecular flexibility index (Phi) is 4.41. The van der Waals surface area contributed by atoms with Crippen molar-refractivity contribution in [3.8, 4) is 0 Å². The number of carbonyl (C=O) groups is 3. The maximum absolute atomic E-state index is 12.7. The highest BCUT2D eigenvalue weighted by Crippen LogP contribution is 2.40. The number of hydrogen-bond donors (Lipinski definition) is 2. The highest BCUT2D eigenvalue weighted by Gasteiger charge is 2.45. The van der Waals surface area contributed by atoms with Gasteiger partial charge in [-0.15, -0.1) is 0 Å². The molecule has 0 aromatic heterocycles. The lowest BCUT2D eigenvalue weighted by atomic mass is 9.81. The average molecular weight is 378 g/mol. The van der Waals surface area contributed by atoms with Gasteiger partial charge >= 0.3 is 5.97 Å². The van der Waals surface area contributed by atoms with Crippen LogP contribution in [0.1, 0.15) is 33.5 Å². The average Bonchev–Trinajstić information content (AvgIpc) is 3.04. The van der Waals surface area contributed by atoms with Crippen molar-refractivity contribution in [3.63, 3.8) is 0 Å². The number of likely N-dealkylation sites (N-methyl/N-ethyl adjacent to an activating group) is 1. The summed E-state index contributed by atoms with van der Waals surface area (Å²) in [6, 6.07) is 12.9. The van der Waals surface area contributed by atoms with Crippen LogP contribution in [0.3, 0.4) is 0 Å². The molecule has 4 rings (SSSR count). The maximum Gasteiger partial charge on any atom is 0.310 e. The number of amides is 2. The van der Waals surface area contributed by atoms with Crippen molar-refractivity contribution in [2.45, 2.75) is 25.7 Å². The van der Waals surface area contributed by atoms with E-state index in [1.807, 2.05) is 30.3 Å². The van der Waals surface area contributed by atoms with Crippen molar-refractivity contribution in [2.75, 3.05) is 18.9 Å². The van der Waals surface area contributed by atoms with Crippen LogP contribution >= 0.6 is 0 Å². The van der Waals surface area contributed by atoms with Crippen molar-refractivity contribution in [1.29, 1.82) is 0 Å². The molecule has 1 heterocycles. The Morgan fingerprint density at radius 2 is 1.79 bits per heavy atom. The molecule has 0 atom stereocenters. The molecule has 2 aliphatic rings. The molecule has 2 aromatic carbocycles. The molecule has 0 unspecified atom stereocenters. The van der Waals surface area contributed by atoms with Crippen LogP contribution < -0.4 is 5.32 Å². The van der Waals surface area contributed by atoms with Gasteiger partial charge in [0.2, 0.25) is 5.91 Å². The van der Waals surface area contributed by atoms with Gasteiger partial charge in [-0.1, -0.05) is 30.3 Å². The predicted octanol–water partition coefficient (Wildman–Crippen LogP) is 2.51. The van der Waals surface area contributed by atoms with Crippen molar-refractivity contribution >= 4 is 23.5 Å². The monoisotopic (exact) mass is 378 g/mol. The molecule has 2 amide bonds. The van der Waals surface area contributed by atoms with Gasteiger partial charge < -0.3 is 15.3 Å². The Hall–Kier alpha value is -3.15. The number of rotatable bonds is 4. The van der Waals surface area contributed by atoms with Crippen LogP contribution in [-0.4, -0.2) is 41.4 Å². The van der Waals surface area contributed by atoms with Crippen LogP contribution in [0.4, 0.5) is 5.69 Å². The van der Waals surface area contributed by atoms with Crippen LogP contribution in [0.25, 0.3) is 0 Å². The number of carbonyl (C=O) groups excluding carboxylic acids is 2. The van der Waals surface area contributed by atoms with Gasteiger partial charge in [0.25, 0.3) is 5.91 Å². The summed E-state index contributed by atoms with van der Waals surface area (Å²) in [7, 11) is 1.75. The second-order valence-corrected chi connectivity index (χ2v) is 7.78. The zero-order valence-electron chi connectivity index (χ0n) is 15.7. The minimum atomic E-state index is -1.13. The molecule has 0 fully saturated rings. The van der Waals surface area contributed by atoms with Crippen LogP contribution in [0, 0.1) is 5.41 Å². The fourth-order valence-electron chi connectivity index (χ4n) is 4.23. The van der Waals surface area contributed by atoms with E-state index in [0.29, 0.717) is 30.6 Å². The van der Waals surface area contributed by atoms with Crippen molar-refractivity contribution in [3.05, 3.63) is 64.7 Å². The highest BCUT2D eigenvalue weighted by atomic mass is 16.4. The molecule has 2 N–H and O–H groups in total. The van der Waals surface area contributed by atoms with Crippen LogP contribution in [0.15, 0.2) is 42.5 Å². The lowest BCUT2D eigenvalue weighted by Crippen LogP contribution is -2.36. The van der Waals surface area contributed by atoms with E-state index in [4.69, 9.17) is 0 Å².